The summed E-state index contributed by atoms with van der Waals surface area (Å²) in [5.41, 5.74) is 1.92. The first-order valence-electron chi connectivity index (χ1n) is 13.8. The number of anilines is 1. The molecule has 0 radical (unpaired) electrons. The van der Waals surface area contributed by atoms with Crippen molar-refractivity contribution in [2.24, 2.45) is 4.99 Å². The second-order valence-corrected chi connectivity index (χ2v) is 10.5. The predicted molar refractivity (Wildman–Crippen MR) is 159 cm³/mol. The van der Waals surface area contributed by atoms with E-state index in [-0.39, 0.29) is 17.9 Å². The Morgan fingerprint density at radius 3 is 2.60 bits per heavy atom. The van der Waals surface area contributed by atoms with Gasteiger partial charge in [-0.05, 0) is 58.3 Å². The van der Waals surface area contributed by atoms with Gasteiger partial charge in [0.2, 0.25) is 5.91 Å². The van der Waals surface area contributed by atoms with Gasteiger partial charge in [0.05, 0.1) is 31.0 Å². The molecule has 1 N–H and O–H groups in total. The zero-order valence-corrected chi connectivity index (χ0v) is 22.3. The third-order valence-corrected chi connectivity index (χ3v) is 8.07. The Bertz CT molecular complexity index is 1800. The zero-order chi connectivity index (χ0) is 27.2. The minimum absolute atomic E-state index is 0.0247. The van der Waals surface area contributed by atoms with Crippen molar-refractivity contribution in [1.29, 1.82) is 0 Å². The molecule has 2 aliphatic heterocycles. The molecule has 0 saturated carbocycles. The van der Waals surface area contributed by atoms with Gasteiger partial charge < -0.3 is 19.7 Å². The van der Waals surface area contributed by atoms with E-state index in [1.54, 1.807) is 19.2 Å². The van der Waals surface area contributed by atoms with E-state index in [1.165, 1.54) is 21.5 Å². The van der Waals surface area contributed by atoms with Gasteiger partial charge in [0, 0.05) is 36.3 Å². The lowest BCUT2D eigenvalue weighted by atomic mass is 9.93. The SMILES string of the molecule is COc1cc2c(cc1OCCCC(=O)Nc1ccc3ccc4cccc5ccc1c3c45)N=C[C@@H]1CCCN1C2=O. The van der Waals surface area contributed by atoms with Crippen molar-refractivity contribution in [3.63, 3.8) is 0 Å². The van der Waals surface area contributed by atoms with Gasteiger partial charge in [-0.15, -0.1) is 0 Å². The monoisotopic (exact) mass is 531 g/mol. The van der Waals surface area contributed by atoms with Gasteiger partial charge in [-0.1, -0.05) is 48.5 Å². The molecule has 1 saturated heterocycles. The number of nitrogens with one attached hydrogen (secondary N) is 1. The molecule has 7 heteroatoms. The molecule has 40 heavy (non-hydrogen) atoms. The van der Waals surface area contributed by atoms with E-state index in [0.29, 0.717) is 42.2 Å². The summed E-state index contributed by atoms with van der Waals surface area (Å²) < 4.78 is 11.5. The van der Waals surface area contributed by atoms with Crippen LogP contribution in [0.5, 0.6) is 11.5 Å². The number of aliphatic imine (C=N–C) groups is 1. The van der Waals surface area contributed by atoms with Gasteiger partial charge in [0.1, 0.15) is 0 Å². The number of fused-ring (bicyclic) bond motifs is 2. The summed E-state index contributed by atoms with van der Waals surface area (Å²) >= 11 is 0. The van der Waals surface area contributed by atoms with Crippen LogP contribution in [0.1, 0.15) is 36.0 Å². The fraction of sp³-hybridized carbons (Fsp3) is 0.242. The van der Waals surface area contributed by atoms with E-state index in [2.05, 4.69) is 58.8 Å². The molecule has 200 valence electrons. The molecular formula is C33H29N3O4. The standard InChI is InChI=1S/C33H29N3O4/c1-39-28-17-25-27(34-19-23-7-3-15-36(23)33(25)38)18-29(28)40-16-4-8-30(37)35-26-14-12-22-10-9-20-5-2-6-21-11-13-24(26)32(22)31(20)21/h2,5-6,9-14,17-19,23H,3-4,7-8,15-16H2,1H3,(H,35,37)/t23-/m0/s1. The van der Waals surface area contributed by atoms with Crippen molar-refractivity contribution in [2.75, 3.05) is 25.6 Å². The first-order valence-corrected chi connectivity index (χ1v) is 13.8. The molecule has 1 atom stereocenters. The lowest BCUT2D eigenvalue weighted by molar-refractivity contribution is -0.116. The van der Waals surface area contributed by atoms with Crippen molar-refractivity contribution >= 4 is 61.7 Å². The number of hydrogen-bond donors (Lipinski definition) is 1. The first-order chi connectivity index (χ1) is 19.6. The van der Waals surface area contributed by atoms with Crippen molar-refractivity contribution in [1.82, 2.24) is 4.90 Å². The van der Waals surface area contributed by atoms with E-state index in [0.717, 1.165) is 35.8 Å². The molecule has 0 aliphatic carbocycles. The highest BCUT2D eigenvalue weighted by Gasteiger charge is 2.32. The van der Waals surface area contributed by atoms with Crippen LogP contribution in [-0.2, 0) is 4.79 Å². The number of carbonyl (C=O) groups is 2. The lowest BCUT2D eigenvalue weighted by Crippen LogP contribution is -2.35. The lowest BCUT2D eigenvalue weighted by Gasteiger charge is -2.20. The predicted octanol–water partition coefficient (Wildman–Crippen LogP) is 6.71. The van der Waals surface area contributed by atoms with Crippen LogP contribution in [0.3, 0.4) is 0 Å². The van der Waals surface area contributed by atoms with E-state index >= 15 is 0 Å². The Labute approximate surface area is 231 Å². The smallest absolute Gasteiger partial charge is 0.256 e. The van der Waals surface area contributed by atoms with E-state index < -0.39 is 0 Å². The van der Waals surface area contributed by atoms with Crippen molar-refractivity contribution in [3.05, 3.63) is 72.3 Å². The van der Waals surface area contributed by atoms with Crippen LogP contribution in [0, 0.1) is 0 Å². The molecule has 0 aromatic heterocycles. The van der Waals surface area contributed by atoms with Gasteiger partial charge in [-0.2, -0.15) is 0 Å². The molecule has 2 heterocycles. The highest BCUT2D eigenvalue weighted by atomic mass is 16.5. The Hall–Kier alpha value is -4.65. The summed E-state index contributed by atoms with van der Waals surface area (Å²) in [5, 5.41) is 10.1. The number of hydrogen-bond acceptors (Lipinski definition) is 5. The first kappa shape index (κ1) is 24.4. The molecule has 7 nitrogen and oxygen atoms in total. The fourth-order valence-corrected chi connectivity index (χ4v) is 6.09. The molecule has 0 spiro atoms. The highest BCUT2D eigenvalue weighted by Crippen LogP contribution is 2.39. The maximum Gasteiger partial charge on any atom is 0.256 e. The summed E-state index contributed by atoms with van der Waals surface area (Å²) in [5.74, 6) is 0.908. The fourth-order valence-electron chi connectivity index (χ4n) is 6.09. The molecule has 5 aromatic carbocycles. The molecule has 5 aromatic rings. The Kier molecular flexibility index (Phi) is 5.99. The second-order valence-electron chi connectivity index (χ2n) is 10.5. The topological polar surface area (TPSA) is 80.2 Å². The van der Waals surface area contributed by atoms with Gasteiger partial charge >= 0.3 is 0 Å². The number of benzene rings is 5. The van der Waals surface area contributed by atoms with Gasteiger partial charge in [-0.25, -0.2) is 0 Å². The number of amides is 2. The van der Waals surface area contributed by atoms with Crippen LogP contribution in [0.2, 0.25) is 0 Å². The minimum Gasteiger partial charge on any atom is -0.493 e. The second kappa shape index (κ2) is 9.83. The van der Waals surface area contributed by atoms with Crippen LogP contribution < -0.4 is 14.8 Å². The van der Waals surface area contributed by atoms with Crippen molar-refractivity contribution < 1.29 is 19.1 Å². The summed E-state index contributed by atoms with van der Waals surface area (Å²) in [7, 11) is 1.56. The Morgan fingerprint density at radius 2 is 1.77 bits per heavy atom. The summed E-state index contributed by atoms with van der Waals surface area (Å²) in [6.07, 6.45) is 4.61. The van der Waals surface area contributed by atoms with Crippen LogP contribution in [0.15, 0.2) is 71.7 Å². The maximum atomic E-state index is 13.1. The van der Waals surface area contributed by atoms with Crippen LogP contribution in [-0.4, -0.2) is 49.2 Å². The average molecular weight is 532 g/mol. The largest absolute Gasteiger partial charge is 0.493 e. The third-order valence-electron chi connectivity index (χ3n) is 8.07. The number of ether oxygens (including phenoxy) is 2. The maximum absolute atomic E-state index is 13.1. The molecule has 0 bridgehead atoms. The quantitative estimate of drug-likeness (QED) is 0.187. The molecule has 1 fully saturated rings. The Morgan fingerprint density at radius 1 is 1.00 bits per heavy atom. The van der Waals surface area contributed by atoms with Gasteiger partial charge in [0.25, 0.3) is 5.91 Å². The summed E-state index contributed by atoms with van der Waals surface area (Å²) in [4.78, 5) is 32.4. The number of methoxy groups -OCH3 is 1. The third kappa shape index (κ3) is 4.09. The number of carbonyl (C=O) groups excluding carboxylic acids is 2. The van der Waals surface area contributed by atoms with Gasteiger partial charge in [0.15, 0.2) is 11.5 Å². The zero-order valence-electron chi connectivity index (χ0n) is 22.3. The van der Waals surface area contributed by atoms with Crippen LogP contribution in [0.4, 0.5) is 11.4 Å². The summed E-state index contributed by atoms with van der Waals surface area (Å²) in [6, 6.07) is 22.4. The molecule has 0 unspecified atom stereocenters. The van der Waals surface area contributed by atoms with Crippen LogP contribution in [0.25, 0.3) is 32.3 Å². The number of rotatable bonds is 7. The normalized spacial score (nSPS) is 16.4. The van der Waals surface area contributed by atoms with E-state index in [4.69, 9.17) is 9.47 Å². The van der Waals surface area contributed by atoms with Crippen LogP contribution >= 0.6 is 0 Å². The molecule has 7 rings (SSSR count). The van der Waals surface area contributed by atoms with Gasteiger partial charge in [-0.3, -0.25) is 14.6 Å². The highest BCUT2D eigenvalue weighted by molar-refractivity contribution is 6.25. The van der Waals surface area contributed by atoms with Crippen molar-refractivity contribution in [3.8, 4) is 11.5 Å². The van der Waals surface area contributed by atoms with Crippen molar-refractivity contribution in [2.45, 2.75) is 31.7 Å². The molecule has 2 aliphatic rings. The summed E-state index contributed by atoms with van der Waals surface area (Å²) in [6.45, 7) is 1.07. The average Bonchev–Trinajstić information content (AvgIpc) is 3.41. The molecule has 2 amide bonds. The minimum atomic E-state index is -0.0664. The molecular weight excluding hydrogens is 502 g/mol. The Balaban J connectivity index is 1.03. The van der Waals surface area contributed by atoms with E-state index in [1.807, 2.05) is 17.2 Å². The number of nitrogens with zero attached hydrogens (tertiary/aromatic N) is 2. The van der Waals surface area contributed by atoms with E-state index in [9.17, 15) is 9.59 Å².